The molecule has 1 heterocycles. The Morgan fingerprint density at radius 1 is 1.18 bits per heavy atom. The third kappa shape index (κ3) is 5.48. The highest BCUT2D eigenvalue weighted by molar-refractivity contribution is 5.76. The van der Waals surface area contributed by atoms with Crippen LogP contribution in [0.5, 0.6) is 0 Å². The highest BCUT2D eigenvalue weighted by atomic mass is 16.3. The molecule has 1 saturated heterocycles. The summed E-state index contributed by atoms with van der Waals surface area (Å²) in [6, 6.07) is 0. The van der Waals surface area contributed by atoms with Gasteiger partial charge in [0.25, 0.3) is 0 Å². The second-order valence-electron chi connectivity index (χ2n) is 4.56. The summed E-state index contributed by atoms with van der Waals surface area (Å²) >= 11 is 0. The van der Waals surface area contributed by atoms with Crippen molar-refractivity contribution < 1.29 is 15.0 Å². The molecule has 3 N–H and O–H groups in total. The summed E-state index contributed by atoms with van der Waals surface area (Å²) in [5.41, 5.74) is 0. The van der Waals surface area contributed by atoms with Crippen LogP contribution in [0, 0.1) is 5.92 Å². The number of nitrogens with zero attached hydrogens (tertiary/aromatic N) is 1. The van der Waals surface area contributed by atoms with E-state index in [1.165, 1.54) is 0 Å². The van der Waals surface area contributed by atoms with E-state index in [9.17, 15) is 4.79 Å². The molecule has 0 atom stereocenters. The van der Waals surface area contributed by atoms with Crippen molar-refractivity contribution in [2.24, 2.45) is 5.92 Å². The second kappa shape index (κ2) is 8.44. The Balaban J connectivity index is 2.25. The first-order chi connectivity index (χ1) is 8.27. The molecule has 17 heavy (non-hydrogen) atoms. The minimum atomic E-state index is -0.0426. The Morgan fingerprint density at radius 2 is 1.76 bits per heavy atom. The van der Waals surface area contributed by atoms with Crippen LogP contribution in [-0.2, 0) is 4.79 Å². The fourth-order valence-electron chi connectivity index (χ4n) is 2.26. The van der Waals surface area contributed by atoms with Crippen LogP contribution in [0.15, 0.2) is 0 Å². The second-order valence-corrected chi connectivity index (χ2v) is 4.56. The standard InChI is InChI=1S/C12H24N2O3/c15-9-7-14(8-10-16)12(17)2-1-11-3-5-13-6-4-11/h11,13,15-16H,1-10H2. The minimum absolute atomic E-state index is 0.0426. The van der Waals surface area contributed by atoms with Gasteiger partial charge in [-0.25, -0.2) is 0 Å². The van der Waals surface area contributed by atoms with E-state index in [-0.39, 0.29) is 19.1 Å². The van der Waals surface area contributed by atoms with E-state index in [1.807, 2.05) is 0 Å². The number of aliphatic hydroxyl groups is 2. The lowest BCUT2D eigenvalue weighted by molar-refractivity contribution is -0.132. The first-order valence-electron chi connectivity index (χ1n) is 6.48. The Morgan fingerprint density at radius 3 is 2.29 bits per heavy atom. The number of nitrogens with one attached hydrogen (secondary N) is 1. The molecule has 0 aromatic carbocycles. The molecule has 0 aromatic rings. The van der Waals surface area contributed by atoms with Crippen molar-refractivity contribution in [3.63, 3.8) is 0 Å². The smallest absolute Gasteiger partial charge is 0.222 e. The average molecular weight is 244 g/mol. The number of hydrogen-bond acceptors (Lipinski definition) is 4. The maximum absolute atomic E-state index is 11.9. The van der Waals surface area contributed by atoms with E-state index in [0.29, 0.717) is 25.4 Å². The number of carbonyl (C=O) groups is 1. The lowest BCUT2D eigenvalue weighted by Crippen LogP contribution is -2.36. The van der Waals surface area contributed by atoms with Crippen molar-refractivity contribution >= 4 is 5.91 Å². The molecule has 1 aliphatic heterocycles. The molecule has 1 amide bonds. The van der Waals surface area contributed by atoms with Gasteiger partial charge in [-0.3, -0.25) is 4.79 Å². The highest BCUT2D eigenvalue weighted by Gasteiger charge is 2.17. The van der Waals surface area contributed by atoms with Gasteiger partial charge in [-0.2, -0.15) is 0 Å². The molecule has 0 radical (unpaired) electrons. The van der Waals surface area contributed by atoms with Crippen LogP contribution in [0.2, 0.25) is 0 Å². The van der Waals surface area contributed by atoms with Gasteiger partial charge in [0.15, 0.2) is 0 Å². The van der Waals surface area contributed by atoms with Gasteiger partial charge < -0.3 is 20.4 Å². The molecule has 0 aromatic heterocycles. The molecular formula is C12H24N2O3. The maximum Gasteiger partial charge on any atom is 0.222 e. The molecule has 0 spiro atoms. The topological polar surface area (TPSA) is 72.8 Å². The van der Waals surface area contributed by atoms with Crippen molar-refractivity contribution in [3.05, 3.63) is 0 Å². The monoisotopic (exact) mass is 244 g/mol. The number of amides is 1. The molecule has 0 aliphatic carbocycles. The summed E-state index contributed by atoms with van der Waals surface area (Å²) in [5.74, 6) is 0.692. The summed E-state index contributed by atoms with van der Waals surface area (Å²) < 4.78 is 0. The lowest BCUT2D eigenvalue weighted by atomic mass is 9.93. The number of rotatable bonds is 7. The summed E-state index contributed by atoms with van der Waals surface area (Å²) in [6.45, 7) is 2.67. The molecular weight excluding hydrogens is 220 g/mol. The SMILES string of the molecule is O=C(CCC1CCNCC1)N(CCO)CCO. The zero-order valence-electron chi connectivity index (χ0n) is 10.4. The fourth-order valence-corrected chi connectivity index (χ4v) is 2.26. The number of hydrogen-bond donors (Lipinski definition) is 3. The van der Waals surface area contributed by atoms with Crippen molar-refractivity contribution in [1.29, 1.82) is 0 Å². The van der Waals surface area contributed by atoms with E-state index in [4.69, 9.17) is 10.2 Å². The Bertz CT molecular complexity index is 212. The quantitative estimate of drug-likeness (QED) is 0.569. The van der Waals surface area contributed by atoms with E-state index in [2.05, 4.69) is 5.32 Å². The molecule has 0 unspecified atom stereocenters. The van der Waals surface area contributed by atoms with Gasteiger partial charge in [0.05, 0.1) is 13.2 Å². The molecule has 1 rings (SSSR count). The number of carbonyl (C=O) groups excluding carboxylic acids is 1. The van der Waals surface area contributed by atoms with E-state index >= 15 is 0 Å². The molecule has 1 fully saturated rings. The van der Waals surface area contributed by atoms with Gasteiger partial charge in [-0.15, -0.1) is 0 Å². The van der Waals surface area contributed by atoms with Crippen molar-refractivity contribution in [2.75, 3.05) is 39.4 Å². The maximum atomic E-state index is 11.9. The summed E-state index contributed by atoms with van der Waals surface area (Å²) in [5, 5.41) is 21.0. The molecule has 100 valence electrons. The minimum Gasteiger partial charge on any atom is -0.395 e. The zero-order valence-corrected chi connectivity index (χ0v) is 10.4. The van der Waals surface area contributed by atoms with E-state index in [1.54, 1.807) is 4.90 Å². The number of aliphatic hydroxyl groups excluding tert-OH is 2. The number of piperidine rings is 1. The van der Waals surface area contributed by atoms with Gasteiger partial charge >= 0.3 is 0 Å². The van der Waals surface area contributed by atoms with Crippen LogP contribution in [0.3, 0.4) is 0 Å². The molecule has 5 nitrogen and oxygen atoms in total. The zero-order chi connectivity index (χ0) is 12.5. The van der Waals surface area contributed by atoms with Gasteiger partial charge in [-0.1, -0.05) is 0 Å². The van der Waals surface area contributed by atoms with Crippen LogP contribution in [-0.4, -0.2) is 60.4 Å². The van der Waals surface area contributed by atoms with Crippen molar-refractivity contribution in [2.45, 2.75) is 25.7 Å². The van der Waals surface area contributed by atoms with Gasteiger partial charge in [-0.05, 0) is 38.3 Å². The molecule has 0 bridgehead atoms. The predicted molar refractivity (Wildman–Crippen MR) is 65.6 cm³/mol. The van der Waals surface area contributed by atoms with Crippen LogP contribution in [0.25, 0.3) is 0 Å². The van der Waals surface area contributed by atoms with Crippen molar-refractivity contribution in [1.82, 2.24) is 10.2 Å². The first-order valence-corrected chi connectivity index (χ1v) is 6.48. The summed E-state index contributed by atoms with van der Waals surface area (Å²) in [4.78, 5) is 13.4. The van der Waals surface area contributed by atoms with Crippen LogP contribution >= 0.6 is 0 Å². The Kier molecular flexibility index (Phi) is 7.16. The van der Waals surface area contributed by atoms with E-state index in [0.717, 1.165) is 32.4 Å². The summed E-state index contributed by atoms with van der Waals surface area (Å²) in [7, 11) is 0. The third-order valence-corrected chi connectivity index (χ3v) is 3.32. The molecule has 5 heteroatoms. The Labute approximate surface area is 103 Å². The average Bonchev–Trinajstić information content (AvgIpc) is 2.37. The van der Waals surface area contributed by atoms with Gasteiger partial charge in [0, 0.05) is 19.5 Å². The first kappa shape index (κ1) is 14.4. The van der Waals surface area contributed by atoms with Crippen LogP contribution in [0.4, 0.5) is 0 Å². The van der Waals surface area contributed by atoms with Crippen molar-refractivity contribution in [3.8, 4) is 0 Å². The highest BCUT2D eigenvalue weighted by Crippen LogP contribution is 2.18. The third-order valence-electron chi connectivity index (χ3n) is 3.32. The fraction of sp³-hybridized carbons (Fsp3) is 0.917. The van der Waals surface area contributed by atoms with E-state index < -0.39 is 0 Å². The predicted octanol–water partition coefficient (Wildman–Crippen LogP) is -0.421. The lowest BCUT2D eigenvalue weighted by Gasteiger charge is -2.24. The van der Waals surface area contributed by atoms with Crippen LogP contribution < -0.4 is 5.32 Å². The largest absolute Gasteiger partial charge is 0.395 e. The summed E-state index contributed by atoms with van der Waals surface area (Å²) in [6.07, 6.45) is 3.75. The van der Waals surface area contributed by atoms with Crippen LogP contribution in [0.1, 0.15) is 25.7 Å². The molecule has 0 saturated carbocycles. The Hall–Kier alpha value is -0.650. The van der Waals surface area contributed by atoms with Gasteiger partial charge in [0.2, 0.25) is 5.91 Å². The molecule has 1 aliphatic rings. The van der Waals surface area contributed by atoms with Gasteiger partial charge in [0.1, 0.15) is 0 Å². The normalized spacial score (nSPS) is 17.1.